The molecule has 0 radical (unpaired) electrons. The number of aromatic nitrogens is 1. The van der Waals surface area contributed by atoms with Crippen LogP contribution in [0.4, 0.5) is 22.7 Å². The third-order valence-electron chi connectivity index (χ3n) is 5.91. The van der Waals surface area contributed by atoms with E-state index in [-0.39, 0.29) is 0 Å². The van der Waals surface area contributed by atoms with Crippen LogP contribution in [-0.2, 0) is 0 Å². The first-order valence-corrected chi connectivity index (χ1v) is 11.1. The zero-order valence-electron chi connectivity index (χ0n) is 18.1. The van der Waals surface area contributed by atoms with Crippen LogP contribution in [0.5, 0.6) is 0 Å². The van der Waals surface area contributed by atoms with E-state index in [1.54, 1.807) is 0 Å². The lowest BCUT2D eigenvalue weighted by Crippen LogP contribution is -1.95. The second kappa shape index (κ2) is 8.21. The molecule has 0 aliphatic carbocycles. The fourth-order valence-corrected chi connectivity index (χ4v) is 4.41. The Bertz CT molecular complexity index is 1440. The van der Waals surface area contributed by atoms with Gasteiger partial charge in [0.2, 0.25) is 0 Å². The minimum Gasteiger partial charge on any atom is -0.355 e. The fourth-order valence-electron chi connectivity index (χ4n) is 4.41. The lowest BCUT2D eigenvalue weighted by atomic mass is 10.1. The number of nitrogens with zero attached hydrogens (tertiary/aromatic N) is 1. The summed E-state index contributed by atoms with van der Waals surface area (Å²) in [5.41, 5.74) is 7.78. The molecule has 5 aromatic carbocycles. The molecule has 1 aromatic heterocycles. The molecule has 2 N–H and O–H groups in total. The maximum Gasteiger partial charge on any atom is 0.0561 e. The molecule has 0 saturated carbocycles. The molecular weight excluding hydrogens is 402 g/mol. The van der Waals surface area contributed by atoms with E-state index < -0.39 is 0 Å². The molecule has 0 atom stereocenters. The summed E-state index contributed by atoms with van der Waals surface area (Å²) < 4.78 is 2.34. The SMILES string of the molecule is c1ccc(Nc2ccc3c4ccc(Nc5ccccc5)cc4n(-c4ccccc4)c3c2)cc1. The van der Waals surface area contributed by atoms with Crippen molar-refractivity contribution in [3.8, 4) is 5.69 Å². The van der Waals surface area contributed by atoms with E-state index >= 15 is 0 Å². The van der Waals surface area contributed by atoms with Crippen molar-refractivity contribution < 1.29 is 0 Å². The highest BCUT2D eigenvalue weighted by atomic mass is 15.0. The fraction of sp³-hybridized carbons (Fsp3) is 0. The summed E-state index contributed by atoms with van der Waals surface area (Å²) in [5.74, 6) is 0. The molecule has 33 heavy (non-hydrogen) atoms. The monoisotopic (exact) mass is 425 g/mol. The second-order valence-electron chi connectivity index (χ2n) is 8.12. The minimum absolute atomic E-state index is 1.07. The summed E-state index contributed by atoms with van der Waals surface area (Å²) in [5, 5.41) is 9.54. The Labute approximate surface area is 192 Å². The predicted molar refractivity (Wildman–Crippen MR) is 140 cm³/mol. The molecule has 158 valence electrons. The largest absolute Gasteiger partial charge is 0.355 e. The van der Waals surface area contributed by atoms with Gasteiger partial charge in [0.1, 0.15) is 0 Å². The molecule has 0 amide bonds. The van der Waals surface area contributed by atoms with E-state index in [1.807, 2.05) is 36.4 Å². The normalized spacial score (nSPS) is 11.0. The Morgan fingerprint density at radius 2 is 0.818 bits per heavy atom. The molecule has 3 nitrogen and oxygen atoms in total. The van der Waals surface area contributed by atoms with Gasteiger partial charge in [-0.05, 0) is 60.7 Å². The summed E-state index contributed by atoms with van der Waals surface area (Å²) in [6.45, 7) is 0. The molecular formula is C30H23N3. The van der Waals surface area contributed by atoms with Crippen LogP contribution in [0.3, 0.4) is 0 Å². The van der Waals surface area contributed by atoms with Crippen LogP contribution < -0.4 is 10.6 Å². The number of para-hydroxylation sites is 3. The number of benzene rings is 5. The van der Waals surface area contributed by atoms with Gasteiger partial charge >= 0.3 is 0 Å². The molecule has 6 aromatic rings. The first-order valence-electron chi connectivity index (χ1n) is 11.1. The summed E-state index contributed by atoms with van der Waals surface area (Å²) in [6, 6.07) is 44.3. The zero-order chi connectivity index (χ0) is 22.0. The van der Waals surface area contributed by atoms with Gasteiger partial charge in [0.15, 0.2) is 0 Å². The van der Waals surface area contributed by atoms with Gasteiger partial charge in [-0.25, -0.2) is 0 Å². The van der Waals surface area contributed by atoms with Crippen molar-refractivity contribution in [1.29, 1.82) is 0 Å². The average Bonchev–Trinajstić information content (AvgIpc) is 3.18. The molecule has 0 aliphatic heterocycles. The number of anilines is 4. The first-order chi connectivity index (χ1) is 16.3. The van der Waals surface area contributed by atoms with Crippen LogP contribution in [0.1, 0.15) is 0 Å². The Balaban J connectivity index is 1.53. The smallest absolute Gasteiger partial charge is 0.0561 e. The van der Waals surface area contributed by atoms with Gasteiger partial charge in [-0.3, -0.25) is 0 Å². The van der Waals surface area contributed by atoms with Crippen molar-refractivity contribution in [2.45, 2.75) is 0 Å². The van der Waals surface area contributed by atoms with Gasteiger partial charge < -0.3 is 15.2 Å². The summed E-state index contributed by atoms with van der Waals surface area (Å²) >= 11 is 0. The quantitative estimate of drug-likeness (QED) is 0.291. The second-order valence-corrected chi connectivity index (χ2v) is 8.12. The number of hydrogen-bond donors (Lipinski definition) is 2. The van der Waals surface area contributed by atoms with E-state index in [9.17, 15) is 0 Å². The highest BCUT2D eigenvalue weighted by Gasteiger charge is 2.14. The van der Waals surface area contributed by atoms with Gasteiger partial charge in [-0.2, -0.15) is 0 Å². The van der Waals surface area contributed by atoms with Gasteiger partial charge in [-0.1, -0.05) is 66.7 Å². The van der Waals surface area contributed by atoms with Gasteiger partial charge in [0.25, 0.3) is 0 Å². The summed E-state index contributed by atoms with van der Waals surface area (Å²) in [6.07, 6.45) is 0. The molecule has 0 unspecified atom stereocenters. The van der Waals surface area contributed by atoms with Gasteiger partial charge in [0.05, 0.1) is 11.0 Å². The Morgan fingerprint density at radius 1 is 0.394 bits per heavy atom. The van der Waals surface area contributed by atoms with E-state index in [1.165, 1.54) is 21.8 Å². The standard InChI is InChI=1S/C30H23N3/c1-4-10-22(11-5-1)31-24-16-18-27-28-19-17-25(32-23-12-6-2-7-13-23)21-30(28)33(29(27)20-24)26-14-8-3-9-15-26/h1-21,31-32H. The van der Waals surface area contributed by atoms with E-state index in [4.69, 9.17) is 0 Å². The van der Waals surface area contributed by atoms with Crippen molar-refractivity contribution in [3.05, 3.63) is 127 Å². The van der Waals surface area contributed by atoms with E-state index in [2.05, 4.69) is 106 Å². The van der Waals surface area contributed by atoms with Gasteiger partial charge in [-0.15, -0.1) is 0 Å². The third kappa shape index (κ3) is 3.70. The molecule has 0 aliphatic rings. The van der Waals surface area contributed by atoms with Crippen molar-refractivity contribution in [3.63, 3.8) is 0 Å². The molecule has 3 heteroatoms. The highest BCUT2D eigenvalue weighted by Crippen LogP contribution is 2.36. The molecule has 6 rings (SSSR count). The maximum atomic E-state index is 3.54. The van der Waals surface area contributed by atoms with Crippen LogP contribution in [0.15, 0.2) is 127 Å². The third-order valence-corrected chi connectivity index (χ3v) is 5.91. The lowest BCUT2D eigenvalue weighted by Gasteiger charge is -2.11. The van der Waals surface area contributed by atoms with Crippen LogP contribution in [0.2, 0.25) is 0 Å². The predicted octanol–water partition coefficient (Wildman–Crippen LogP) is 8.27. The van der Waals surface area contributed by atoms with Crippen LogP contribution >= 0.6 is 0 Å². The molecule has 0 bridgehead atoms. The van der Waals surface area contributed by atoms with E-state index in [0.29, 0.717) is 0 Å². The Hall–Kier alpha value is -4.50. The van der Waals surface area contributed by atoms with Gasteiger partial charge in [0, 0.05) is 39.2 Å². The molecule has 0 fully saturated rings. The number of fused-ring (bicyclic) bond motifs is 3. The van der Waals surface area contributed by atoms with Crippen molar-refractivity contribution in [2.75, 3.05) is 10.6 Å². The number of nitrogens with one attached hydrogen (secondary N) is 2. The Kier molecular flexibility index (Phi) is 4.78. The topological polar surface area (TPSA) is 29.0 Å². The van der Waals surface area contributed by atoms with Crippen molar-refractivity contribution in [2.24, 2.45) is 0 Å². The van der Waals surface area contributed by atoms with Crippen LogP contribution in [0, 0.1) is 0 Å². The molecule has 0 saturated heterocycles. The average molecular weight is 426 g/mol. The summed E-state index contributed by atoms with van der Waals surface area (Å²) in [4.78, 5) is 0. The van der Waals surface area contributed by atoms with E-state index in [0.717, 1.165) is 28.4 Å². The first kappa shape index (κ1) is 19.2. The van der Waals surface area contributed by atoms with Crippen molar-refractivity contribution >= 4 is 44.6 Å². The van der Waals surface area contributed by atoms with Crippen LogP contribution in [0.25, 0.3) is 27.5 Å². The minimum atomic E-state index is 1.07. The number of rotatable bonds is 5. The Morgan fingerprint density at radius 3 is 1.27 bits per heavy atom. The van der Waals surface area contributed by atoms with Crippen molar-refractivity contribution in [1.82, 2.24) is 4.57 Å². The maximum absolute atomic E-state index is 3.54. The lowest BCUT2D eigenvalue weighted by molar-refractivity contribution is 1.18. The van der Waals surface area contributed by atoms with Crippen LogP contribution in [-0.4, -0.2) is 4.57 Å². The number of hydrogen-bond acceptors (Lipinski definition) is 2. The highest BCUT2D eigenvalue weighted by molar-refractivity contribution is 6.11. The summed E-state index contributed by atoms with van der Waals surface area (Å²) in [7, 11) is 0. The molecule has 0 spiro atoms. The zero-order valence-corrected chi connectivity index (χ0v) is 18.1. The molecule has 1 heterocycles.